The summed E-state index contributed by atoms with van der Waals surface area (Å²) in [5, 5.41) is 6.91. The molecule has 4 nitrogen and oxygen atoms in total. The summed E-state index contributed by atoms with van der Waals surface area (Å²) in [5.74, 6) is 2.39. The van der Waals surface area contributed by atoms with Crippen LogP contribution >= 0.6 is 0 Å². The van der Waals surface area contributed by atoms with Gasteiger partial charge in [0.15, 0.2) is 17.5 Å². The zero-order valence-corrected chi connectivity index (χ0v) is 28.6. The number of allylic oxidation sites excluding steroid dienone is 5. The molecule has 4 heteroatoms. The van der Waals surface area contributed by atoms with Gasteiger partial charge < -0.3 is 4.42 Å². The molecule has 2 aromatic heterocycles. The quantitative estimate of drug-likeness (QED) is 0.186. The predicted octanol–water partition coefficient (Wildman–Crippen LogP) is 12.5. The lowest BCUT2D eigenvalue weighted by atomic mass is 9.74. The first kappa shape index (κ1) is 29.8. The SMILES string of the molecule is C1=CC2C=Cc3c(ccc4ccccc34)C2C=C1c1ccccc1-c1nc(-c2ccc3ccccc3c2)nc(-c2cccc3oc4ccccc4c23)n1. The minimum Gasteiger partial charge on any atom is -0.456 e. The van der Waals surface area contributed by atoms with Gasteiger partial charge >= 0.3 is 0 Å². The largest absolute Gasteiger partial charge is 0.456 e. The van der Waals surface area contributed by atoms with Crippen LogP contribution in [0.15, 0.2) is 174 Å². The zero-order valence-electron chi connectivity index (χ0n) is 28.6. The number of hydrogen-bond acceptors (Lipinski definition) is 4. The van der Waals surface area contributed by atoms with E-state index in [4.69, 9.17) is 19.4 Å². The van der Waals surface area contributed by atoms with E-state index in [1.54, 1.807) is 0 Å². The maximum Gasteiger partial charge on any atom is 0.164 e. The Bertz CT molecular complexity index is 3040. The molecule has 11 rings (SSSR count). The van der Waals surface area contributed by atoms with Crippen LogP contribution in [-0.4, -0.2) is 15.0 Å². The second kappa shape index (κ2) is 11.8. The number of aromatic nitrogens is 3. The van der Waals surface area contributed by atoms with E-state index in [0.717, 1.165) is 55.2 Å². The van der Waals surface area contributed by atoms with Crippen molar-refractivity contribution in [2.75, 3.05) is 0 Å². The third-order valence-corrected chi connectivity index (χ3v) is 10.9. The first-order chi connectivity index (χ1) is 26.2. The van der Waals surface area contributed by atoms with Crippen molar-refractivity contribution >= 4 is 55.1 Å². The number of para-hydroxylation sites is 1. The van der Waals surface area contributed by atoms with Crippen molar-refractivity contribution in [1.29, 1.82) is 0 Å². The number of fused-ring (bicyclic) bond motifs is 9. The normalized spacial score (nSPS) is 16.3. The van der Waals surface area contributed by atoms with Gasteiger partial charge in [0.1, 0.15) is 11.2 Å². The van der Waals surface area contributed by atoms with Gasteiger partial charge in [-0.05, 0) is 62.0 Å². The summed E-state index contributed by atoms with van der Waals surface area (Å²) in [6.07, 6.45) is 11.7. The standard InChI is InChI=1S/C49H31N3O/c1-2-12-33-28-35(23-20-30(33)10-1)47-50-48(52-49(51-47)42-17-9-19-45-46(42)41-16-7-8-18-44(41)53-45)40-15-6-5-14-37(40)34-22-21-32-25-26-38-36-13-4-3-11-31(36)24-27-39(38)43(32)29-34/h1-29,32,43H. The van der Waals surface area contributed by atoms with Crippen molar-refractivity contribution in [3.63, 3.8) is 0 Å². The van der Waals surface area contributed by atoms with Crippen molar-refractivity contribution in [2.24, 2.45) is 5.92 Å². The lowest BCUT2D eigenvalue weighted by Crippen LogP contribution is -2.15. The summed E-state index contributed by atoms with van der Waals surface area (Å²) in [7, 11) is 0. The van der Waals surface area contributed by atoms with Gasteiger partial charge in [0.05, 0.1) is 0 Å². The maximum absolute atomic E-state index is 6.29. The first-order valence-electron chi connectivity index (χ1n) is 18.1. The van der Waals surface area contributed by atoms with Crippen LogP contribution < -0.4 is 0 Å². The van der Waals surface area contributed by atoms with Crippen LogP contribution in [0.4, 0.5) is 0 Å². The Balaban J connectivity index is 1.10. The summed E-state index contributed by atoms with van der Waals surface area (Å²) in [4.78, 5) is 15.7. The molecule has 0 N–H and O–H groups in total. The fourth-order valence-electron chi connectivity index (χ4n) is 8.32. The molecule has 2 atom stereocenters. The highest BCUT2D eigenvalue weighted by atomic mass is 16.3. The van der Waals surface area contributed by atoms with E-state index in [9.17, 15) is 0 Å². The summed E-state index contributed by atoms with van der Waals surface area (Å²) in [6, 6.07) is 50.8. The lowest BCUT2D eigenvalue weighted by Gasteiger charge is -2.30. The van der Waals surface area contributed by atoms with Crippen molar-refractivity contribution in [3.05, 3.63) is 187 Å². The summed E-state index contributed by atoms with van der Waals surface area (Å²) in [6.45, 7) is 0. The van der Waals surface area contributed by atoms with E-state index in [1.807, 2.05) is 30.3 Å². The number of benzene rings is 7. The summed E-state index contributed by atoms with van der Waals surface area (Å²) < 4.78 is 6.29. The zero-order chi connectivity index (χ0) is 34.9. The molecular weight excluding hydrogens is 647 g/mol. The Morgan fingerprint density at radius 3 is 2.04 bits per heavy atom. The minimum atomic E-state index is 0.224. The molecule has 2 aliphatic carbocycles. The van der Waals surface area contributed by atoms with Crippen LogP contribution in [0, 0.1) is 5.92 Å². The van der Waals surface area contributed by atoms with E-state index in [1.165, 1.54) is 27.3 Å². The third kappa shape index (κ3) is 4.87. The molecule has 53 heavy (non-hydrogen) atoms. The highest BCUT2D eigenvalue weighted by Gasteiger charge is 2.28. The molecule has 0 aliphatic heterocycles. The Morgan fingerprint density at radius 2 is 1.13 bits per heavy atom. The smallest absolute Gasteiger partial charge is 0.164 e. The monoisotopic (exact) mass is 677 g/mol. The number of hydrogen-bond donors (Lipinski definition) is 0. The predicted molar refractivity (Wildman–Crippen MR) is 217 cm³/mol. The fourth-order valence-corrected chi connectivity index (χ4v) is 8.32. The van der Waals surface area contributed by atoms with E-state index in [2.05, 4.69) is 146 Å². The Kier molecular flexibility index (Phi) is 6.65. The molecular formula is C49H31N3O. The van der Waals surface area contributed by atoms with Crippen LogP contribution in [0.5, 0.6) is 0 Å². The molecule has 0 spiro atoms. The highest BCUT2D eigenvalue weighted by Crippen LogP contribution is 2.44. The van der Waals surface area contributed by atoms with Crippen molar-refractivity contribution in [3.8, 4) is 34.2 Å². The molecule has 2 heterocycles. The van der Waals surface area contributed by atoms with Gasteiger partial charge in [0.25, 0.3) is 0 Å². The molecule has 0 bridgehead atoms. The van der Waals surface area contributed by atoms with Crippen LogP contribution in [0.1, 0.15) is 22.6 Å². The molecule has 2 unspecified atom stereocenters. The second-order valence-corrected chi connectivity index (χ2v) is 13.9. The molecule has 7 aromatic carbocycles. The van der Waals surface area contributed by atoms with Gasteiger partial charge in [-0.15, -0.1) is 0 Å². The summed E-state index contributed by atoms with van der Waals surface area (Å²) >= 11 is 0. The average Bonchev–Trinajstić information content (AvgIpc) is 3.62. The van der Waals surface area contributed by atoms with E-state index < -0.39 is 0 Å². The molecule has 0 amide bonds. The van der Waals surface area contributed by atoms with E-state index in [0.29, 0.717) is 23.4 Å². The topological polar surface area (TPSA) is 51.8 Å². The molecule has 2 aliphatic rings. The number of furan rings is 1. The lowest BCUT2D eigenvalue weighted by molar-refractivity contribution is 0.669. The van der Waals surface area contributed by atoms with Gasteiger partial charge in [0.2, 0.25) is 0 Å². The number of rotatable bonds is 4. The highest BCUT2D eigenvalue weighted by molar-refractivity contribution is 6.11. The third-order valence-electron chi connectivity index (χ3n) is 10.9. The fraction of sp³-hybridized carbons (Fsp3) is 0.0408. The molecule has 0 fully saturated rings. The van der Waals surface area contributed by atoms with Crippen molar-refractivity contribution in [1.82, 2.24) is 15.0 Å². The van der Waals surface area contributed by atoms with Crippen molar-refractivity contribution in [2.45, 2.75) is 5.92 Å². The van der Waals surface area contributed by atoms with Crippen LogP contribution in [-0.2, 0) is 0 Å². The van der Waals surface area contributed by atoms with Crippen LogP contribution in [0.2, 0.25) is 0 Å². The summed E-state index contributed by atoms with van der Waals surface area (Å²) in [5.41, 5.74) is 9.37. The Labute approximate surface area is 306 Å². The molecule has 248 valence electrons. The second-order valence-electron chi connectivity index (χ2n) is 13.9. The van der Waals surface area contributed by atoms with Crippen LogP contribution in [0.25, 0.3) is 89.3 Å². The molecule has 0 saturated carbocycles. The number of nitrogens with zero attached hydrogens (tertiary/aromatic N) is 3. The average molecular weight is 678 g/mol. The van der Waals surface area contributed by atoms with Crippen molar-refractivity contribution < 1.29 is 4.42 Å². The van der Waals surface area contributed by atoms with Gasteiger partial charge in [-0.1, -0.05) is 158 Å². The Morgan fingerprint density at radius 1 is 0.472 bits per heavy atom. The molecule has 0 radical (unpaired) electrons. The Hall–Kier alpha value is -6.91. The molecule has 9 aromatic rings. The van der Waals surface area contributed by atoms with Gasteiger partial charge in [0, 0.05) is 39.3 Å². The van der Waals surface area contributed by atoms with E-state index in [-0.39, 0.29) is 5.92 Å². The van der Waals surface area contributed by atoms with Crippen LogP contribution in [0.3, 0.4) is 0 Å². The molecule has 0 saturated heterocycles. The van der Waals surface area contributed by atoms with Gasteiger partial charge in [-0.3, -0.25) is 0 Å². The van der Waals surface area contributed by atoms with Gasteiger partial charge in [-0.25, -0.2) is 15.0 Å². The maximum atomic E-state index is 6.29. The minimum absolute atomic E-state index is 0.224. The first-order valence-corrected chi connectivity index (χ1v) is 18.1. The van der Waals surface area contributed by atoms with E-state index >= 15 is 0 Å². The van der Waals surface area contributed by atoms with Gasteiger partial charge in [-0.2, -0.15) is 0 Å².